The summed E-state index contributed by atoms with van der Waals surface area (Å²) >= 11 is 3.40. The van der Waals surface area contributed by atoms with E-state index in [-0.39, 0.29) is 18.1 Å². The first-order chi connectivity index (χ1) is 12.9. The van der Waals surface area contributed by atoms with Gasteiger partial charge in [-0.15, -0.1) is 0 Å². The summed E-state index contributed by atoms with van der Waals surface area (Å²) in [6.45, 7) is 9.04. The van der Waals surface area contributed by atoms with Gasteiger partial charge in [-0.2, -0.15) is 0 Å². The zero-order valence-electron chi connectivity index (χ0n) is 16.8. The Morgan fingerprint density at radius 3 is 2.68 bits per heavy atom. The monoisotopic (exact) mass is 451 g/mol. The van der Waals surface area contributed by atoms with Gasteiger partial charge in [0.2, 0.25) is 0 Å². The number of nitrogens with zero attached hydrogens (tertiary/aromatic N) is 3. The lowest BCUT2D eigenvalue weighted by molar-refractivity contribution is -0.0822. The van der Waals surface area contributed by atoms with Crippen molar-refractivity contribution in [2.45, 2.75) is 71.2 Å². The highest BCUT2D eigenvalue weighted by Gasteiger charge is 2.44. The molecule has 0 bridgehead atoms. The molecule has 2 aromatic rings. The minimum atomic E-state index is -0.790. The normalized spacial score (nSPS) is 22.0. The van der Waals surface area contributed by atoms with E-state index in [1.165, 1.54) is 4.40 Å². The number of halogens is 1. The van der Waals surface area contributed by atoms with E-state index in [2.05, 4.69) is 20.9 Å². The molecule has 28 heavy (non-hydrogen) atoms. The van der Waals surface area contributed by atoms with Gasteiger partial charge in [-0.05, 0) is 59.6 Å². The Morgan fingerprint density at radius 1 is 1.46 bits per heavy atom. The molecule has 0 unspecified atom stereocenters. The van der Waals surface area contributed by atoms with Crippen LogP contribution in [0.3, 0.4) is 0 Å². The molecule has 8 heteroatoms. The van der Waals surface area contributed by atoms with Gasteiger partial charge in [-0.25, -0.2) is 9.78 Å². The van der Waals surface area contributed by atoms with Crippen molar-refractivity contribution in [2.75, 3.05) is 0 Å². The Kier molecular flexibility index (Phi) is 5.31. The molecule has 152 valence electrons. The molecule has 2 aromatic heterocycles. The lowest BCUT2D eigenvalue weighted by atomic mass is 9.76. The Hall–Kier alpha value is -1.93. The third-order valence-electron chi connectivity index (χ3n) is 4.86. The second-order valence-electron chi connectivity index (χ2n) is 8.73. The minimum Gasteiger partial charge on any atom is -0.444 e. The summed E-state index contributed by atoms with van der Waals surface area (Å²) in [5, 5.41) is 10.1. The first-order valence-corrected chi connectivity index (χ1v) is 10.0. The molecule has 3 rings (SSSR count). The maximum Gasteiger partial charge on any atom is 0.410 e. The second-order valence-corrected chi connectivity index (χ2v) is 9.64. The number of ether oxygens (including phenoxy) is 1. The first-order valence-electron chi connectivity index (χ1n) is 9.26. The average molecular weight is 452 g/mol. The van der Waals surface area contributed by atoms with E-state index in [1.54, 1.807) is 37.1 Å². The number of pyridine rings is 1. The van der Waals surface area contributed by atoms with Crippen LogP contribution in [-0.4, -0.2) is 42.7 Å². The second kappa shape index (κ2) is 7.15. The summed E-state index contributed by atoms with van der Waals surface area (Å²) in [7, 11) is 0. The fraction of sp³-hybridized carbons (Fsp3) is 0.550. The standard InChI is InChI=1S/C20H26BrN3O4/c1-12-15(22-16-8-13(21)6-7-23(16)17(12)25)11-24(14-9-20(5,27)10-14)18(26)28-19(2,3)4/h6-8,14,27H,9-11H2,1-5H3/t14-,20-. The molecule has 0 spiro atoms. The summed E-state index contributed by atoms with van der Waals surface area (Å²) < 4.78 is 7.86. The molecule has 0 aliphatic heterocycles. The highest BCUT2D eigenvalue weighted by molar-refractivity contribution is 9.10. The van der Waals surface area contributed by atoms with Crippen LogP contribution in [0.2, 0.25) is 0 Å². The fourth-order valence-corrected chi connectivity index (χ4v) is 3.72. The largest absolute Gasteiger partial charge is 0.444 e. The van der Waals surface area contributed by atoms with Gasteiger partial charge in [0, 0.05) is 22.3 Å². The van der Waals surface area contributed by atoms with Gasteiger partial charge < -0.3 is 9.84 Å². The molecule has 2 heterocycles. The minimum absolute atomic E-state index is 0.153. The van der Waals surface area contributed by atoms with E-state index in [4.69, 9.17) is 4.74 Å². The van der Waals surface area contributed by atoms with E-state index in [1.807, 2.05) is 20.8 Å². The number of rotatable bonds is 3. The molecule has 1 N–H and O–H groups in total. The molecule has 0 atom stereocenters. The first kappa shape index (κ1) is 20.8. The van der Waals surface area contributed by atoms with Crippen molar-refractivity contribution < 1.29 is 14.6 Å². The van der Waals surface area contributed by atoms with Crippen LogP contribution in [-0.2, 0) is 11.3 Å². The van der Waals surface area contributed by atoms with Gasteiger partial charge in [0.05, 0.1) is 17.8 Å². The molecule has 1 saturated carbocycles. The smallest absolute Gasteiger partial charge is 0.410 e. The Balaban J connectivity index is 1.97. The molecule has 0 aromatic carbocycles. The van der Waals surface area contributed by atoms with E-state index >= 15 is 0 Å². The van der Waals surface area contributed by atoms with Gasteiger partial charge in [-0.1, -0.05) is 15.9 Å². The van der Waals surface area contributed by atoms with Gasteiger partial charge in [0.1, 0.15) is 11.2 Å². The summed E-state index contributed by atoms with van der Waals surface area (Å²) in [4.78, 5) is 31.7. The molecule has 1 fully saturated rings. The topological polar surface area (TPSA) is 84.1 Å². The molecule has 1 amide bonds. The summed E-state index contributed by atoms with van der Waals surface area (Å²) in [5.41, 5.74) is -0.0825. The summed E-state index contributed by atoms with van der Waals surface area (Å²) in [6.07, 6.45) is 2.12. The lowest BCUT2D eigenvalue weighted by Gasteiger charge is -2.46. The number of hydrogen-bond acceptors (Lipinski definition) is 5. The van der Waals surface area contributed by atoms with Crippen LogP contribution >= 0.6 is 15.9 Å². The zero-order chi connectivity index (χ0) is 20.9. The quantitative estimate of drug-likeness (QED) is 0.772. The number of amides is 1. The highest BCUT2D eigenvalue weighted by Crippen LogP contribution is 2.36. The number of fused-ring (bicyclic) bond motifs is 1. The van der Waals surface area contributed by atoms with Crippen molar-refractivity contribution in [3.05, 3.63) is 44.4 Å². The number of aliphatic hydroxyl groups is 1. The van der Waals surface area contributed by atoms with Crippen LogP contribution in [0.1, 0.15) is 51.8 Å². The van der Waals surface area contributed by atoms with Crippen LogP contribution < -0.4 is 5.56 Å². The van der Waals surface area contributed by atoms with Gasteiger partial charge in [-0.3, -0.25) is 14.1 Å². The summed E-state index contributed by atoms with van der Waals surface area (Å²) in [5.74, 6) is 0. The van der Waals surface area contributed by atoms with Gasteiger partial charge >= 0.3 is 6.09 Å². The Morgan fingerprint density at radius 2 is 2.11 bits per heavy atom. The van der Waals surface area contributed by atoms with Crippen LogP contribution in [0.15, 0.2) is 27.6 Å². The van der Waals surface area contributed by atoms with Gasteiger partial charge in [0.25, 0.3) is 5.56 Å². The zero-order valence-corrected chi connectivity index (χ0v) is 18.4. The predicted molar refractivity (Wildman–Crippen MR) is 109 cm³/mol. The summed E-state index contributed by atoms with van der Waals surface area (Å²) in [6, 6.07) is 3.38. The third kappa shape index (κ3) is 4.38. The molecular weight excluding hydrogens is 426 g/mol. The number of carbonyl (C=O) groups is 1. The van der Waals surface area contributed by atoms with E-state index in [9.17, 15) is 14.7 Å². The Labute approximate surface area is 172 Å². The molecule has 1 aliphatic carbocycles. The third-order valence-corrected chi connectivity index (χ3v) is 5.35. The van der Waals surface area contributed by atoms with E-state index in [0.29, 0.717) is 29.7 Å². The van der Waals surface area contributed by atoms with Crippen molar-refractivity contribution in [2.24, 2.45) is 0 Å². The maximum absolute atomic E-state index is 12.8. The van der Waals surface area contributed by atoms with Crippen molar-refractivity contribution in [1.82, 2.24) is 14.3 Å². The molecule has 1 aliphatic rings. The number of carbonyl (C=O) groups excluding carboxylic acids is 1. The maximum atomic E-state index is 12.8. The van der Waals surface area contributed by atoms with Crippen LogP contribution in [0, 0.1) is 6.92 Å². The molecule has 0 saturated heterocycles. The van der Waals surface area contributed by atoms with Crippen LogP contribution in [0.25, 0.3) is 5.65 Å². The Bertz CT molecular complexity index is 970. The van der Waals surface area contributed by atoms with Gasteiger partial charge in [0.15, 0.2) is 0 Å². The van der Waals surface area contributed by atoms with Crippen molar-refractivity contribution >= 4 is 27.7 Å². The van der Waals surface area contributed by atoms with E-state index in [0.717, 1.165) is 4.47 Å². The number of aromatic nitrogens is 2. The number of hydrogen-bond donors (Lipinski definition) is 1. The van der Waals surface area contributed by atoms with Crippen LogP contribution in [0.4, 0.5) is 4.79 Å². The molecule has 0 radical (unpaired) electrons. The van der Waals surface area contributed by atoms with Crippen molar-refractivity contribution in [3.8, 4) is 0 Å². The van der Waals surface area contributed by atoms with Crippen molar-refractivity contribution in [1.29, 1.82) is 0 Å². The average Bonchev–Trinajstić information content (AvgIpc) is 2.52. The molecular formula is C20H26BrN3O4. The molecule has 7 nitrogen and oxygen atoms in total. The highest BCUT2D eigenvalue weighted by atomic mass is 79.9. The lowest BCUT2D eigenvalue weighted by Crippen LogP contribution is -2.56. The predicted octanol–water partition coefficient (Wildman–Crippen LogP) is 3.42. The fourth-order valence-electron chi connectivity index (χ4n) is 3.40. The van der Waals surface area contributed by atoms with E-state index < -0.39 is 17.3 Å². The SMILES string of the molecule is Cc1c(CN(C(=O)OC(C)(C)C)[C@H]2C[C@](C)(O)C2)nc2cc(Br)ccn2c1=O. The van der Waals surface area contributed by atoms with Crippen molar-refractivity contribution in [3.63, 3.8) is 0 Å². The van der Waals surface area contributed by atoms with Crippen LogP contribution in [0.5, 0.6) is 0 Å².